The quantitative estimate of drug-likeness (QED) is 0.440. The molecule has 150 valence electrons. The largest absolute Gasteiger partial charge is 0.273 e. The summed E-state index contributed by atoms with van der Waals surface area (Å²) in [6, 6.07) is 27.0. The molecule has 1 N–H and O–H groups in total. The number of hydrogen-bond acceptors (Lipinski definition) is 2. The van der Waals surface area contributed by atoms with Gasteiger partial charge in [-0.2, -0.15) is 5.10 Å². The third-order valence-corrected chi connectivity index (χ3v) is 5.77. The van der Waals surface area contributed by atoms with Gasteiger partial charge >= 0.3 is 0 Å². The summed E-state index contributed by atoms with van der Waals surface area (Å²) in [5.74, 6) is -0.168. The smallest absolute Gasteiger partial charge is 0.244 e. The van der Waals surface area contributed by atoms with Gasteiger partial charge < -0.3 is 0 Å². The Hall–Kier alpha value is -3.46. The van der Waals surface area contributed by atoms with Crippen LogP contribution in [0.1, 0.15) is 34.2 Å². The van der Waals surface area contributed by atoms with Crippen LogP contribution in [0.25, 0.3) is 6.08 Å². The predicted molar refractivity (Wildman–Crippen MR) is 123 cm³/mol. The molecule has 0 aliphatic heterocycles. The fourth-order valence-corrected chi connectivity index (χ4v) is 4.17. The lowest BCUT2D eigenvalue weighted by Crippen LogP contribution is -2.25. The molecule has 4 rings (SSSR count). The monoisotopic (exact) mass is 394 g/mol. The van der Waals surface area contributed by atoms with Crippen molar-refractivity contribution in [3.8, 4) is 0 Å². The molecule has 0 bridgehead atoms. The zero-order chi connectivity index (χ0) is 21.0. The molecular weight excluding hydrogens is 368 g/mol. The number of carbonyl (C=O) groups is 1. The van der Waals surface area contributed by atoms with Crippen molar-refractivity contribution in [2.75, 3.05) is 0 Å². The molecule has 1 fully saturated rings. The van der Waals surface area contributed by atoms with Crippen molar-refractivity contribution in [1.82, 2.24) is 5.43 Å². The van der Waals surface area contributed by atoms with Gasteiger partial charge in [0.1, 0.15) is 0 Å². The molecule has 3 aromatic carbocycles. The van der Waals surface area contributed by atoms with Crippen LogP contribution >= 0.6 is 0 Å². The van der Waals surface area contributed by atoms with Crippen LogP contribution in [-0.4, -0.2) is 12.1 Å². The molecule has 1 atom stereocenters. The molecule has 0 spiro atoms. The number of hydrazone groups is 1. The van der Waals surface area contributed by atoms with E-state index in [2.05, 4.69) is 72.9 Å². The van der Waals surface area contributed by atoms with E-state index in [4.69, 9.17) is 0 Å². The predicted octanol–water partition coefficient (Wildman–Crippen LogP) is 5.42. The fraction of sp³-hybridized carbons (Fsp3) is 0.185. The normalized spacial score (nSPS) is 17.3. The number of allylic oxidation sites excluding steroid dienone is 1. The Morgan fingerprint density at radius 1 is 0.933 bits per heavy atom. The number of hydrogen-bond donors (Lipinski definition) is 1. The molecule has 1 aliphatic rings. The Bertz CT molecular complexity index is 1050. The lowest BCUT2D eigenvalue weighted by Gasteiger charge is -2.19. The first-order chi connectivity index (χ1) is 14.6. The van der Waals surface area contributed by atoms with Crippen LogP contribution in [0.3, 0.4) is 0 Å². The first-order valence-electron chi connectivity index (χ1n) is 10.3. The summed E-state index contributed by atoms with van der Waals surface area (Å²) in [5.41, 5.74) is 8.34. The van der Waals surface area contributed by atoms with E-state index in [0.29, 0.717) is 0 Å². The summed E-state index contributed by atoms with van der Waals surface area (Å²) in [4.78, 5) is 12.9. The van der Waals surface area contributed by atoms with E-state index in [-0.39, 0.29) is 17.2 Å². The average Bonchev–Trinajstić information content (AvgIpc) is 3.51. The van der Waals surface area contributed by atoms with Crippen LogP contribution in [0.15, 0.2) is 90.0 Å². The number of nitrogens with one attached hydrogen (secondary N) is 1. The van der Waals surface area contributed by atoms with Crippen molar-refractivity contribution >= 4 is 18.2 Å². The lowest BCUT2D eigenvalue weighted by atomic mass is 9.84. The summed E-state index contributed by atoms with van der Waals surface area (Å²) >= 11 is 0. The van der Waals surface area contributed by atoms with E-state index >= 15 is 0 Å². The molecule has 1 amide bonds. The third-order valence-electron chi connectivity index (χ3n) is 5.77. The van der Waals surface area contributed by atoms with Crippen LogP contribution in [0.4, 0.5) is 0 Å². The summed E-state index contributed by atoms with van der Waals surface area (Å²) in [7, 11) is 0. The van der Waals surface area contributed by atoms with Crippen molar-refractivity contribution in [1.29, 1.82) is 0 Å². The number of nitrogens with zero attached hydrogens (tertiary/aromatic N) is 1. The Morgan fingerprint density at radius 2 is 1.57 bits per heavy atom. The standard InChI is InChI=1S/C27H26N2O/c1-20-9-6-14-23(17-20)27(24-15-7-10-21(2)18-24)19-25(27)26(30)29-28-16-8-13-22-11-4-3-5-12-22/h3-18,25H,19H2,1-2H3,(H,29,30)/b13-8+,28-16?/t25-/m0/s1. The Kier molecular flexibility index (Phi) is 5.62. The SMILES string of the molecule is Cc1cccc(C2(c3cccc(C)c3)C[C@H]2C(=O)NN=C/C=C/c2ccccc2)c1. The Labute approximate surface area is 178 Å². The highest BCUT2D eigenvalue weighted by Crippen LogP contribution is 2.59. The maximum absolute atomic E-state index is 12.9. The zero-order valence-electron chi connectivity index (χ0n) is 17.4. The summed E-state index contributed by atoms with van der Waals surface area (Å²) in [6.45, 7) is 4.18. The second kappa shape index (κ2) is 8.50. The molecule has 0 heterocycles. The third kappa shape index (κ3) is 4.11. The van der Waals surface area contributed by atoms with Gasteiger partial charge in [0.25, 0.3) is 0 Å². The first kappa shape index (κ1) is 19.8. The summed E-state index contributed by atoms with van der Waals surface area (Å²) < 4.78 is 0. The maximum atomic E-state index is 12.9. The second-order valence-corrected chi connectivity index (χ2v) is 7.99. The number of aryl methyl sites for hydroxylation is 2. The van der Waals surface area contributed by atoms with Gasteiger partial charge in [-0.1, -0.05) is 96.1 Å². The summed E-state index contributed by atoms with van der Waals surface area (Å²) in [5, 5.41) is 4.12. The Balaban J connectivity index is 1.51. The minimum atomic E-state index is -0.280. The molecule has 3 heteroatoms. The van der Waals surface area contributed by atoms with Crippen molar-refractivity contribution in [3.05, 3.63) is 113 Å². The van der Waals surface area contributed by atoms with Gasteiger partial charge in [0.05, 0.1) is 5.92 Å². The molecule has 3 aromatic rings. The van der Waals surface area contributed by atoms with Gasteiger partial charge in [-0.15, -0.1) is 0 Å². The molecule has 30 heavy (non-hydrogen) atoms. The van der Waals surface area contributed by atoms with Crippen molar-refractivity contribution in [3.63, 3.8) is 0 Å². The summed E-state index contributed by atoms with van der Waals surface area (Å²) in [6.07, 6.45) is 6.20. The topological polar surface area (TPSA) is 41.5 Å². The van der Waals surface area contributed by atoms with Gasteiger partial charge in [-0.05, 0) is 43.0 Å². The molecule has 0 radical (unpaired) electrons. The minimum absolute atomic E-state index is 0.0395. The van der Waals surface area contributed by atoms with Crippen LogP contribution in [0.2, 0.25) is 0 Å². The minimum Gasteiger partial charge on any atom is -0.273 e. The van der Waals surface area contributed by atoms with E-state index in [1.54, 1.807) is 6.21 Å². The highest BCUT2D eigenvalue weighted by atomic mass is 16.2. The lowest BCUT2D eigenvalue weighted by molar-refractivity contribution is -0.122. The first-order valence-corrected chi connectivity index (χ1v) is 10.3. The van der Waals surface area contributed by atoms with Crippen LogP contribution in [0, 0.1) is 19.8 Å². The Morgan fingerprint density at radius 3 is 2.17 bits per heavy atom. The highest BCUT2D eigenvalue weighted by molar-refractivity contribution is 5.87. The van der Waals surface area contributed by atoms with Gasteiger partial charge in [-0.3, -0.25) is 4.79 Å². The van der Waals surface area contributed by atoms with E-state index in [0.717, 1.165) is 12.0 Å². The van der Waals surface area contributed by atoms with Gasteiger partial charge in [-0.25, -0.2) is 5.43 Å². The van der Waals surface area contributed by atoms with E-state index in [1.807, 2.05) is 42.5 Å². The second-order valence-electron chi connectivity index (χ2n) is 7.99. The molecule has 3 nitrogen and oxygen atoms in total. The van der Waals surface area contributed by atoms with Crippen LogP contribution in [-0.2, 0) is 10.2 Å². The number of carbonyl (C=O) groups excluding carboxylic acids is 1. The number of amides is 1. The molecular formula is C27H26N2O. The molecule has 0 saturated heterocycles. The number of benzene rings is 3. The van der Waals surface area contributed by atoms with Gasteiger partial charge in [0.2, 0.25) is 5.91 Å². The molecule has 0 unspecified atom stereocenters. The van der Waals surface area contributed by atoms with Crippen molar-refractivity contribution in [2.24, 2.45) is 11.0 Å². The van der Waals surface area contributed by atoms with Crippen molar-refractivity contribution < 1.29 is 4.79 Å². The van der Waals surface area contributed by atoms with Gasteiger partial charge in [0.15, 0.2) is 0 Å². The fourth-order valence-electron chi connectivity index (χ4n) is 4.17. The van der Waals surface area contributed by atoms with E-state index in [1.165, 1.54) is 22.3 Å². The molecule has 1 saturated carbocycles. The van der Waals surface area contributed by atoms with Crippen molar-refractivity contribution in [2.45, 2.75) is 25.7 Å². The molecule has 0 aromatic heterocycles. The van der Waals surface area contributed by atoms with Crippen LogP contribution in [0.5, 0.6) is 0 Å². The maximum Gasteiger partial charge on any atom is 0.244 e. The van der Waals surface area contributed by atoms with E-state index in [9.17, 15) is 4.79 Å². The van der Waals surface area contributed by atoms with Gasteiger partial charge in [0, 0.05) is 11.6 Å². The highest BCUT2D eigenvalue weighted by Gasteiger charge is 2.60. The average molecular weight is 395 g/mol. The number of rotatable bonds is 6. The van der Waals surface area contributed by atoms with E-state index < -0.39 is 0 Å². The molecule has 1 aliphatic carbocycles. The zero-order valence-corrected chi connectivity index (χ0v) is 17.4. The van der Waals surface area contributed by atoms with Crippen LogP contribution < -0.4 is 5.43 Å².